The van der Waals surface area contributed by atoms with E-state index in [2.05, 4.69) is 0 Å². The van der Waals surface area contributed by atoms with Crippen molar-refractivity contribution < 1.29 is 18.0 Å². The number of rotatable bonds is 5. The monoisotopic (exact) mass is 408 g/mol. The minimum Gasteiger partial charge on any atom is -0.368 e. The molecule has 3 rings (SSSR count). The number of hydrogen-bond acceptors (Lipinski definition) is 5. The quantitative estimate of drug-likeness (QED) is 0.748. The smallest absolute Gasteiger partial charge is 0.243 e. The fraction of sp³-hybridized carbons (Fsp3) is 0.579. The summed E-state index contributed by atoms with van der Waals surface area (Å²) in [5.41, 5.74) is 6.45. The molecule has 8 nitrogen and oxygen atoms in total. The Kier molecular flexibility index (Phi) is 6.36. The maximum atomic E-state index is 12.8. The average molecular weight is 409 g/mol. The molecular formula is C19H28N4O4S. The number of aryl methyl sites for hydroxylation is 1. The highest BCUT2D eigenvalue weighted by molar-refractivity contribution is 7.89. The van der Waals surface area contributed by atoms with Crippen molar-refractivity contribution in [2.75, 3.05) is 39.3 Å². The lowest BCUT2D eigenvalue weighted by molar-refractivity contribution is -0.142. The molecule has 0 aromatic heterocycles. The molecule has 1 aromatic rings. The van der Waals surface area contributed by atoms with E-state index in [1.54, 1.807) is 29.2 Å². The van der Waals surface area contributed by atoms with Gasteiger partial charge in [0.25, 0.3) is 0 Å². The predicted octanol–water partition coefficient (Wildman–Crippen LogP) is 0.168. The molecule has 1 atom stereocenters. The third-order valence-corrected chi connectivity index (χ3v) is 7.41. The van der Waals surface area contributed by atoms with Gasteiger partial charge in [-0.25, -0.2) is 8.42 Å². The van der Waals surface area contributed by atoms with Crippen molar-refractivity contribution in [2.24, 2.45) is 5.73 Å². The Labute approximate surface area is 166 Å². The van der Waals surface area contributed by atoms with Gasteiger partial charge in [0.15, 0.2) is 0 Å². The van der Waals surface area contributed by atoms with E-state index in [9.17, 15) is 18.0 Å². The van der Waals surface area contributed by atoms with Crippen molar-refractivity contribution in [2.45, 2.75) is 37.1 Å². The van der Waals surface area contributed by atoms with Gasteiger partial charge in [-0.1, -0.05) is 17.7 Å². The summed E-state index contributed by atoms with van der Waals surface area (Å²) in [7, 11) is -3.52. The first-order valence-corrected chi connectivity index (χ1v) is 11.1. The lowest BCUT2D eigenvalue weighted by Crippen LogP contribution is -2.55. The van der Waals surface area contributed by atoms with Gasteiger partial charge in [-0.3, -0.25) is 14.5 Å². The Hall–Kier alpha value is -1.97. The number of hydrogen-bond donors (Lipinski definition) is 1. The standard InChI is InChI=1S/C19H28N4O4S/c1-15-5-7-16(8-6-15)28(26,27)22-12-10-21(11-13-22)14-18(24)23-9-3-2-4-17(23)19(20)25/h5-8,17H,2-4,9-14H2,1H3,(H2,20,25)/t17-/m1/s1. The number of carbonyl (C=O) groups excluding carboxylic acids is 2. The Bertz CT molecular complexity index is 817. The van der Waals surface area contributed by atoms with Crippen LogP contribution in [0.15, 0.2) is 29.2 Å². The number of carbonyl (C=O) groups is 2. The normalized spacial score (nSPS) is 22.2. The van der Waals surface area contributed by atoms with Crippen LogP contribution in [0.25, 0.3) is 0 Å². The van der Waals surface area contributed by atoms with Crippen molar-refractivity contribution in [1.82, 2.24) is 14.1 Å². The van der Waals surface area contributed by atoms with Gasteiger partial charge in [0.1, 0.15) is 6.04 Å². The Morgan fingerprint density at radius 1 is 1.04 bits per heavy atom. The Morgan fingerprint density at radius 3 is 2.29 bits per heavy atom. The number of piperidine rings is 1. The van der Waals surface area contributed by atoms with E-state index in [0.29, 0.717) is 44.0 Å². The summed E-state index contributed by atoms with van der Waals surface area (Å²) in [5.74, 6) is -0.569. The van der Waals surface area contributed by atoms with Crippen LogP contribution >= 0.6 is 0 Å². The van der Waals surface area contributed by atoms with E-state index in [1.165, 1.54) is 4.31 Å². The number of benzene rings is 1. The second-order valence-electron chi connectivity index (χ2n) is 7.49. The second-order valence-corrected chi connectivity index (χ2v) is 9.43. The molecule has 0 bridgehead atoms. The Morgan fingerprint density at radius 2 is 1.68 bits per heavy atom. The third kappa shape index (κ3) is 4.53. The van der Waals surface area contributed by atoms with Crippen LogP contribution in [0.2, 0.25) is 0 Å². The first-order valence-electron chi connectivity index (χ1n) is 9.67. The van der Waals surface area contributed by atoms with Gasteiger partial charge in [0.2, 0.25) is 21.8 Å². The number of amides is 2. The predicted molar refractivity (Wildman–Crippen MR) is 105 cm³/mol. The summed E-state index contributed by atoms with van der Waals surface area (Å²) in [6, 6.07) is 6.30. The number of piperazine rings is 1. The first kappa shape index (κ1) is 20.8. The highest BCUT2D eigenvalue weighted by Gasteiger charge is 2.33. The number of nitrogens with two attached hydrogens (primary N) is 1. The van der Waals surface area contributed by atoms with E-state index < -0.39 is 22.0 Å². The average Bonchev–Trinajstić information content (AvgIpc) is 2.68. The lowest BCUT2D eigenvalue weighted by Gasteiger charge is -2.37. The zero-order chi connectivity index (χ0) is 20.3. The largest absolute Gasteiger partial charge is 0.368 e. The highest BCUT2D eigenvalue weighted by Crippen LogP contribution is 2.20. The van der Waals surface area contributed by atoms with Crippen molar-refractivity contribution in [3.05, 3.63) is 29.8 Å². The number of sulfonamides is 1. The van der Waals surface area contributed by atoms with Crippen LogP contribution in [0.5, 0.6) is 0 Å². The van der Waals surface area contributed by atoms with Gasteiger partial charge >= 0.3 is 0 Å². The van der Waals surface area contributed by atoms with Gasteiger partial charge in [0, 0.05) is 32.7 Å². The topological polar surface area (TPSA) is 104 Å². The minimum atomic E-state index is -3.52. The molecule has 2 amide bonds. The van der Waals surface area contributed by atoms with Crippen LogP contribution in [0, 0.1) is 6.92 Å². The molecule has 0 spiro atoms. The van der Waals surface area contributed by atoms with Crippen molar-refractivity contribution >= 4 is 21.8 Å². The lowest BCUT2D eigenvalue weighted by atomic mass is 10.0. The number of primary amides is 1. The SMILES string of the molecule is Cc1ccc(S(=O)(=O)N2CCN(CC(=O)N3CCCC[C@@H]3C(N)=O)CC2)cc1. The van der Waals surface area contributed by atoms with Crippen LogP contribution in [0.4, 0.5) is 0 Å². The molecule has 2 heterocycles. The minimum absolute atomic E-state index is 0.113. The van der Waals surface area contributed by atoms with E-state index in [4.69, 9.17) is 5.73 Å². The maximum absolute atomic E-state index is 12.8. The molecule has 2 N–H and O–H groups in total. The Balaban J connectivity index is 1.57. The van der Waals surface area contributed by atoms with Gasteiger partial charge in [-0.15, -0.1) is 0 Å². The molecule has 9 heteroatoms. The number of nitrogens with zero attached hydrogens (tertiary/aromatic N) is 3. The molecular weight excluding hydrogens is 380 g/mol. The van der Waals surface area contributed by atoms with Crippen LogP contribution in [-0.4, -0.2) is 79.6 Å². The summed E-state index contributed by atoms with van der Waals surface area (Å²) in [6.45, 7) is 4.27. The van der Waals surface area contributed by atoms with Gasteiger partial charge in [-0.2, -0.15) is 4.31 Å². The van der Waals surface area contributed by atoms with Crippen molar-refractivity contribution in [3.63, 3.8) is 0 Å². The first-order chi connectivity index (χ1) is 13.3. The fourth-order valence-electron chi connectivity index (χ4n) is 3.80. The van der Waals surface area contributed by atoms with E-state index >= 15 is 0 Å². The summed E-state index contributed by atoms with van der Waals surface area (Å²) in [6.07, 6.45) is 2.38. The van der Waals surface area contributed by atoms with Gasteiger partial charge in [-0.05, 0) is 38.3 Å². The van der Waals surface area contributed by atoms with Crippen LogP contribution in [-0.2, 0) is 19.6 Å². The van der Waals surface area contributed by atoms with E-state index in [1.807, 2.05) is 11.8 Å². The molecule has 0 saturated carbocycles. The molecule has 154 valence electrons. The summed E-state index contributed by atoms with van der Waals surface area (Å²) in [5, 5.41) is 0. The zero-order valence-corrected chi connectivity index (χ0v) is 17.0. The number of likely N-dealkylation sites (tertiary alicyclic amines) is 1. The fourth-order valence-corrected chi connectivity index (χ4v) is 5.22. The van der Waals surface area contributed by atoms with Gasteiger partial charge in [0.05, 0.1) is 11.4 Å². The molecule has 28 heavy (non-hydrogen) atoms. The van der Waals surface area contributed by atoms with Gasteiger partial charge < -0.3 is 10.6 Å². The molecule has 0 unspecified atom stereocenters. The zero-order valence-electron chi connectivity index (χ0n) is 16.2. The molecule has 0 aliphatic carbocycles. The molecule has 2 aliphatic rings. The van der Waals surface area contributed by atoms with Crippen molar-refractivity contribution in [3.8, 4) is 0 Å². The summed E-state index contributed by atoms with van der Waals surface area (Å²) < 4.78 is 27.0. The van der Waals surface area contributed by atoms with Crippen LogP contribution in [0.3, 0.4) is 0 Å². The van der Waals surface area contributed by atoms with Crippen LogP contribution < -0.4 is 5.73 Å². The molecule has 2 saturated heterocycles. The molecule has 2 aliphatic heterocycles. The summed E-state index contributed by atoms with van der Waals surface area (Å²) >= 11 is 0. The van der Waals surface area contributed by atoms with Crippen LogP contribution in [0.1, 0.15) is 24.8 Å². The second kappa shape index (κ2) is 8.59. The molecule has 1 aromatic carbocycles. The molecule has 2 fully saturated rings. The van der Waals surface area contributed by atoms with Crippen molar-refractivity contribution in [1.29, 1.82) is 0 Å². The maximum Gasteiger partial charge on any atom is 0.243 e. The highest BCUT2D eigenvalue weighted by atomic mass is 32.2. The third-order valence-electron chi connectivity index (χ3n) is 5.50. The summed E-state index contributed by atoms with van der Waals surface area (Å²) in [4.78, 5) is 28.1. The van der Waals surface area contributed by atoms with E-state index in [-0.39, 0.29) is 12.5 Å². The van der Waals surface area contributed by atoms with E-state index in [0.717, 1.165) is 18.4 Å². The molecule has 0 radical (unpaired) electrons.